The first-order chi connectivity index (χ1) is 14.7. The summed E-state index contributed by atoms with van der Waals surface area (Å²) in [6, 6.07) is 15.3. The molecule has 2 heteroatoms. The lowest BCUT2D eigenvalue weighted by molar-refractivity contribution is 0.465. The van der Waals surface area contributed by atoms with E-state index in [-0.39, 0.29) is 0 Å². The van der Waals surface area contributed by atoms with Gasteiger partial charge in [-0.05, 0) is 48.9 Å². The molecule has 0 heterocycles. The van der Waals surface area contributed by atoms with E-state index in [0.29, 0.717) is 11.5 Å². The van der Waals surface area contributed by atoms with Crippen molar-refractivity contribution in [1.82, 2.24) is 0 Å². The van der Waals surface area contributed by atoms with Crippen LogP contribution in [0.2, 0.25) is 0 Å². The molecule has 2 N–H and O–H groups in total. The number of rotatable bonds is 14. The van der Waals surface area contributed by atoms with Crippen molar-refractivity contribution in [3.8, 4) is 11.5 Å². The van der Waals surface area contributed by atoms with Crippen molar-refractivity contribution in [3.63, 3.8) is 0 Å². The molecule has 0 aliphatic heterocycles. The summed E-state index contributed by atoms with van der Waals surface area (Å²) in [5.74, 6) is 0.900. The van der Waals surface area contributed by atoms with Gasteiger partial charge in [0, 0.05) is 0 Å². The molecule has 0 bridgehead atoms. The van der Waals surface area contributed by atoms with Crippen LogP contribution in [0.5, 0.6) is 11.5 Å². The number of phenols is 2. The topological polar surface area (TPSA) is 40.5 Å². The summed E-state index contributed by atoms with van der Waals surface area (Å²) in [7, 11) is 0. The highest BCUT2D eigenvalue weighted by Gasteiger charge is 1.99. The first-order valence-electron chi connectivity index (χ1n) is 12.2. The maximum Gasteiger partial charge on any atom is 0.118 e. The zero-order chi connectivity index (χ0) is 21.9. The van der Waals surface area contributed by atoms with Gasteiger partial charge in [0.15, 0.2) is 0 Å². The van der Waals surface area contributed by atoms with Gasteiger partial charge in [0.1, 0.15) is 11.5 Å². The summed E-state index contributed by atoms with van der Waals surface area (Å²) in [6.45, 7) is 4.48. The van der Waals surface area contributed by atoms with Gasteiger partial charge in [0.05, 0.1) is 0 Å². The lowest BCUT2D eigenvalue weighted by Gasteiger charge is -2.03. The van der Waals surface area contributed by atoms with E-state index >= 15 is 0 Å². The maximum atomic E-state index is 9.55. The molecule has 0 aliphatic carbocycles. The molecule has 2 aromatic rings. The largest absolute Gasteiger partial charge is 0.508 e. The van der Waals surface area contributed by atoms with E-state index in [2.05, 4.69) is 13.8 Å². The van der Waals surface area contributed by atoms with Crippen molar-refractivity contribution in [2.75, 3.05) is 0 Å². The standard InChI is InChI=1S/2C14H22O/c2*1-2-3-4-5-6-7-10-13-11-8-9-12-14(13)15/h2*8-9,11-12,15H,2-7,10H2,1H3. The van der Waals surface area contributed by atoms with Gasteiger partial charge in [0.25, 0.3) is 0 Å². The molecule has 0 fully saturated rings. The molecular weight excluding hydrogens is 368 g/mol. The van der Waals surface area contributed by atoms with Crippen LogP contribution >= 0.6 is 0 Å². The van der Waals surface area contributed by atoms with Crippen LogP contribution < -0.4 is 0 Å². The predicted octanol–water partition coefficient (Wildman–Crippen LogP) is 8.59. The zero-order valence-corrected chi connectivity index (χ0v) is 19.4. The van der Waals surface area contributed by atoms with Crippen molar-refractivity contribution in [2.24, 2.45) is 0 Å². The second-order valence-corrected chi connectivity index (χ2v) is 8.29. The van der Waals surface area contributed by atoms with Crippen molar-refractivity contribution in [3.05, 3.63) is 59.7 Å². The second kappa shape index (κ2) is 17.9. The Labute approximate surface area is 185 Å². The van der Waals surface area contributed by atoms with Crippen LogP contribution in [-0.4, -0.2) is 10.2 Å². The monoisotopic (exact) mass is 412 g/mol. The summed E-state index contributed by atoms with van der Waals surface area (Å²) < 4.78 is 0. The first kappa shape index (κ1) is 26.1. The van der Waals surface area contributed by atoms with Gasteiger partial charge in [-0.2, -0.15) is 0 Å². The van der Waals surface area contributed by atoms with Gasteiger partial charge in [-0.25, -0.2) is 0 Å². The first-order valence-corrected chi connectivity index (χ1v) is 12.2. The number of benzene rings is 2. The van der Waals surface area contributed by atoms with E-state index < -0.39 is 0 Å². The van der Waals surface area contributed by atoms with Crippen LogP contribution in [0, 0.1) is 0 Å². The Kier molecular flexibility index (Phi) is 15.5. The van der Waals surface area contributed by atoms with E-state index in [1.54, 1.807) is 12.1 Å². The quantitative estimate of drug-likeness (QED) is 0.305. The number of aromatic hydroxyl groups is 2. The Bertz CT molecular complexity index is 593. The number of unbranched alkanes of at least 4 members (excludes halogenated alkanes) is 10. The third-order valence-electron chi connectivity index (χ3n) is 5.58. The fourth-order valence-electron chi connectivity index (χ4n) is 3.64. The van der Waals surface area contributed by atoms with Crippen LogP contribution in [0.15, 0.2) is 48.5 Å². The Hall–Kier alpha value is -1.96. The van der Waals surface area contributed by atoms with E-state index in [1.807, 2.05) is 36.4 Å². The Morgan fingerprint density at radius 2 is 0.800 bits per heavy atom. The zero-order valence-electron chi connectivity index (χ0n) is 19.4. The second-order valence-electron chi connectivity index (χ2n) is 8.29. The lowest BCUT2D eigenvalue weighted by atomic mass is 10.0. The Morgan fingerprint density at radius 3 is 1.17 bits per heavy atom. The van der Waals surface area contributed by atoms with Crippen molar-refractivity contribution in [1.29, 1.82) is 0 Å². The maximum absolute atomic E-state index is 9.55. The fourth-order valence-corrected chi connectivity index (χ4v) is 3.64. The molecule has 0 aliphatic rings. The highest BCUT2D eigenvalue weighted by Crippen LogP contribution is 2.19. The van der Waals surface area contributed by atoms with Crippen molar-refractivity contribution < 1.29 is 10.2 Å². The molecule has 168 valence electrons. The van der Waals surface area contributed by atoms with E-state index in [1.165, 1.54) is 77.0 Å². The number of phenolic OH excluding ortho intramolecular Hbond substituents is 2. The van der Waals surface area contributed by atoms with Gasteiger partial charge >= 0.3 is 0 Å². The van der Waals surface area contributed by atoms with Gasteiger partial charge in [-0.1, -0.05) is 114 Å². The number of hydrogen-bond acceptors (Lipinski definition) is 2. The molecule has 0 aromatic heterocycles. The molecule has 2 rings (SSSR count). The molecule has 2 nitrogen and oxygen atoms in total. The molecule has 0 unspecified atom stereocenters. The van der Waals surface area contributed by atoms with E-state index in [4.69, 9.17) is 0 Å². The van der Waals surface area contributed by atoms with Crippen LogP contribution in [0.1, 0.15) is 102 Å². The summed E-state index contributed by atoms with van der Waals surface area (Å²) in [5.41, 5.74) is 2.18. The van der Waals surface area contributed by atoms with E-state index in [9.17, 15) is 10.2 Å². The lowest BCUT2D eigenvalue weighted by Crippen LogP contribution is -1.86. The molecule has 0 saturated heterocycles. The third kappa shape index (κ3) is 12.6. The summed E-state index contributed by atoms with van der Waals surface area (Å²) in [6.07, 6.45) is 17.7. The van der Waals surface area contributed by atoms with Gasteiger partial charge < -0.3 is 10.2 Å². The van der Waals surface area contributed by atoms with Crippen LogP contribution in [-0.2, 0) is 12.8 Å². The van der Waals surface area contributed by atoms with Crippen molar-refractivity contribution >= 4 is 0 Å². The average Bonchev–Trinajstić information content (AvgIpc) is 2.76. The normalized spacial score (nSPS) is 10.5. The van der Waals surface area contributed by atoms with Crippen LogP contribution in [0.25, 0.3) is 0 Å². The highest BCUT2D eigenvalue weighted by molar-refractivity contribution is 5.32. The number of para-hydroxylation sites is 2. The molecule has 0 saturated carbocycles. The summed E-state index contributed by atoms with van der Waals surface area (Å²) >= 11 is 0. The van der Waals surface area contributed by atoms with Gasteiger partial charge in [0.2, 0.25) is 0 Å². The smallest absolute Gasteiger partial charge is 0.118 e. The Morgan fingerprint density at radius 1 is 0.467 bits per heavy atom. The SMILES string of the molecule is CCCCCCCCc1ccccc1O.CCCCCCCCc1ccccc1O. The molecule has 0 atom stereocenters. The van der Waals surface area contributed by atoms with Crippen molar-refractivity contribution in [2.45, 2.75) is 104 Å². The average molecular weight is 413 g/mol. The minimum Gasteiger partial charge on any atom is -0.508 e. The summed E-state index contributed by atoms with van der Waals surface area (Å²) in [5, 5.41) is 19.1. The van der Waals surface area contributed by atoms with E-state index in [0.717, 1.165) is 24.0 Å². The number of aryl methyl sites for hydroxylation is 2. The highest BCUT2D eigenvalue weighted by atomic mass is 16.3. The molecule has 2 aromatic carbocycles. The fraction of sp³-hybridized carbons (Fsp3) is 0.571. The van der Waals surface area contributed by atoms with Crippen LogP contribution in [0.4, 0.5) is 0 Å². The van der Waals surface area contributed by atoms with Crippen LogP contribution in [0.3, 0.4) is 0 Å². The molecule has 0 radical (unpaired) electrons. The minimum absolute atomic E-state index is 0.450. The molecule has 0 amide bonds. The van der Waals surface area contributed by atoms with Gasteiger partial charge in [-0.15, -0.1) is 0 Å². The minimum atomic E-state index is 0.450. The predicted molar refractivity (Wildman–Crippen MR) is 130 cm³/mol. The molecule has 30 heavy (non-hydrogen) atoms. The Balaban J connectivity index is 0.000000300. The molecular formula is C28H44O2. The van der Waals surface area contributed by atoms with Gasteiger partial charge in [-0.3, -0.25) is 0 Å². The summed E-state index contributed by atoms with van der Waals surface area (Å²) in [4.78, 5) is 0. The number of hydrogen-bond donors (Lipinski definition) is 2. The third-order valence-corrected chi connectivity index (χ3v) is 5.58. The molecule has 0 spiro atoms.